The molecular formula is C14H20N2O3. The van der Waals surface area contributed by atoms with Gasteiger partial charge in [-0.15, -0.1) is 0 Å². The summed E-state index contributed by atoms with van der Waals surface area (Å²) in [5.41, 5.74) is 6.23. The second kappa shape index (κ2) is 5.48. The third-order valence-electron chi connectivity index (χ3n) is 3.71. The third kappa shape index (κ3) is 2.66. The number of nitrogens with zero attached hydrogens (tertiary/aromatic N) is 1. The lowest BCUT2D eigenvalue weighted by atomic mass is 9.94. The first-order valence-corrected chi connectivity index (χ1v) is 6.45. The van der Waals surface area contributed by atoms with Crippen molar-refractivity contribution in [3.8, 4) is 11.5 Å². The van der Waals surface area contributed by atoms with Gasteiger partial charge in [-0.25, -0.2) is 0 Å². The lowest BCUT2D eigenvalue weighted by molar-refractivity contribution is 0.0660. The molecule has 3 N–H and O–H groups in total. The summed E-state index contributed by atoms with van der Waals surface area (Å²) in [6.07, 6.45) is 0.789. The van der Waals surface area contributed by atoms with Gasteiger partial charge in [0.2, 0.25) is 0 Å². The summed E-state index contributed by atoms with van der Waals surface area (Å²) >= 11 is 0. The van der Waals surface area contributed by atoms with Crippen molar-refractivity contribution in [2.75, 3.05) is 20.2 Å². The first-order valence-electron chi connectivity index (χ1n) is 6.45. The van der Waals surface area contributed by atoms with Crippen LogP contribution >= 0.6 is 0 Å². The molecule has 2 rings (SSSR count). The third-order valence-corrected chi connectivity index (χ3v) is 3.71. The van der Waals surface area contributed by atoms with E-state index in [9.17, 15) is 9.90 Å². The van der Waals surface area contributed by atoms with Crippen molar-refractivity contribution in [3.05, 3.63) is 23.8 Å². The standard InChI is InChI=1S/C14H20N2O3/c1-9-8-16(7-6-11(9)15)14(18)10-4-3-5-12(19-2)13(10)17/h3-5,9,11,17H,6-8,15H2,1-2H3. The zero-order valence-corrected chi connectivity index (χ0v) is 11.3. The van der Waals surface area contributed by atoms with E-state index in [-0.39, 0.29) is 29.2 Å². The summed E-state index contributed by atoms with van der Waals surface area (Å²) in [6.45, 7) is 3.28. The summed E-state index contributed by atoms with van der Waals surface area (Å²) in [4.78, 5) is 14.1. The average Bonchev–Trinajstić information content (AvgIpc) is 2.41. The molecule has 19 heavy (non-hydrogen) atoms. The van der Waals surface area contributed by atoms with Gasteiger partial charge in [-0.2, -0.15) is 0 Å². The molecule has 1 aromatic rings. The second-order valence-corrected chi connectivity index (χ2v) is 5.04. The fourth-order valence-electron chi connectivity index (χ4n) is 2.38. The molecule has 1 heterocycles. The Kier molecular flexibility index (Phi) is 3.95. The number of piperidine rings is 1. The van der Waals surface area contributed by atoms with Gasteiger partial charge in [-0.05, 0) is 24.5 Å². The van der Waals surface area contributed by atoms with Crippen molar-refractivity contribution >= 4 is 5.91 Å². The highest BCUT2D eigenvalue weighted by molar-refractivity contribution is 5.97. The van der Waals surface area contributed by atoms with Gasteiger partial charge in [0.1, 0.15) is 0 Å². The topological polar surface area (TPSA) is 75.8 Å². The number of carbonyl (C=O) groups excluding carboxylic acids is 1. The van der Waals surface area contributed by atoms with Gasteiger partial charge < -0.3 is 20.5 Å². The Bertz CT molecular complexity index is 476. The zero-order valence-electron chi connectivity index (χ0n) is 11.3. The predicted octanol–water partition coefficient (Wildman–Crippen LogP) is 1.21. The van der Waals surface area contributed by atoms with Crippen LogP contribution in [0.4, 0.5) is 0 Å². The van der Waals surface area contributed by atoms with E-state index < -0.39 is 0 Å². The Labute approximate surface area is 113 Å². The number of benzene rings is 1. The molecule has 2 atom stereocenters. The SMILES string of the molecule is COc1cccc(C(=O)N2CCC(N)C(C)C2)c1O. The Balaban J connectivity index is 2.20. The second-order valence-electron chi connectivity index (χ2n) is 5.04. The Morgan fingerprint density at radius 2 is 2.26 bits per heavy atom. The Morgan fingerprint density at radius 1 is 1.53 bits per heavy atom. The minimum atomic E-state index is -0.171. The Morgan fingerprint density at radius 3 is 2.89 bits per heavy atom. The van der Waals surface area contributed by atoms with Gasteiger partial charge in [0, 0.05) is 19.1 Å². The monoisotopic (exact) mass is 264 g/mol. The van der Waals surface area contributed by atoms with Crippen LogP contribution in [0.1, 0.15) is 23.7 Å². The van der Waals surface area contributed by atoms with Crippen LogP contribution in [-0.2, 0) is 0 Å². The predicted molar refractivity (Wildman–Crippen MR) is 72.3 cm³/mol. The number of para-hydroxylation sites is 1. The maximum atomic E-state index is 12.4. The van der Waals surface area contributed by atoms with Gasteiger partial charge in [0.25, 0.3) is 5.91 Å². The summed E-state index contributed by atoms with van der Waals surface area (Å²) in [5.74, 6) is 0.311. The molecule has 5 heteroatoms. The summed E-state index contributed by atoms with van der Waals surface area (Å²) in [5, 5.41) is 10.0. The van der Waals surface area contributed by atoms with E-state index >= 15 is 0 Å². The number of hydrogen-bond donors (Lipinski definition) is 2. The van der Waals surface area contributed by atoms with E-state index in [4.69, 9.17) is 10.5 Å². The number of hydrogen-bond acceptors (Lipinski definition) is 4. The number of rotatable bonds is 2. The first-order chi connectivity index (χ1) is 9.04. The summed E-state index contributed by atoms with van der Waals surface area (Å²) in [6, 6.07) is 5.08. The van der Waals surface area contributed by atoms with Crippen molar-refractivity contribution in [2.45, 2.75) is 19.4 Å². The fraction of sp³-hybridized carbons (Fsp3) is 0.500. The van der Waals surface area contributed by atoms with E-state index in [2.05, 4.69) is 0 Å². The maximum Gasteiger partial charge on any atom is 0.257 e. The van der Waals surface area contributed by atoms with Crippen LogP contribution in [0.15, 0.2) is 18.2 Å². The number of aromatic hydroxyl groups is 1. The molecule has 1 aliphatic rings. The molecule has 0 bridgehead atoms. The molecule has 1 amide bonds. The molecule has 1 aromatic carbocycles. The van der Waals surface area contributed by atoms with Crippen LogP contribution in [-0.4, -0.2) is 42.2 Å². The summed E-state index contributed by atoms with van der Waals surface area (Å²) in [7, 11) is 1.46. The van der Waals surface area contributed by atoms with Crippen LogP contribution in [0.2, 0.25) is 0 Å². The first kappa shape index (κ1) is 13.7. The lowest BCUT2D eigenvalue weighted by Gasteiger charge is -2.35. The number of phenolic OH excluding ortho intramolecular Hbond substituents is 1. The quantitative estimate of drug-likeness (QED) is 0.842. The van der Waals surface area contributed by atoms with E-state index in [1.165, 1.54) is 7.11 Å². The molecule has 1 aliphatic heterocycles. The minimum absolute atomic E-state index is 0.0995. The molecule has 0 aliphatic carbocycles. The minimum Gasteiger partial charge on any atom is -0.504 e. The van der Waals surface area contributed by atoms with E-state index in [1.54, 1.807) is 23.1 Å². The molecule has 1 saturated heterocycles. The van der Waals surface area contributed by atoms with Gasteiger partial charge in [0.15, 0.2) is 11.5 Å². The number of nitrogens with two attached hydrogens (primary N) is 1. The smallest absolute Gasteiger partial charge is 0.257 e. The average molecular weight is 264 g/mol. The Hall–Kier alpha value is -1.75. The highest BCUT2D eigenvalue weighted by Gasteiger charge is 2.28. The van der Waals surface area contributed by atoms with Crippen molar-refractivity contribution in [2.24, 2.45) is 11.7 Å². The number of ether oxygens (including phenoxy) is 1. The molecule has 0 spiro atoms. The molecule has 5 nitrogen and oxygen atoms in total. The van der Waals surface area contributed by atoms with Crippen LogP contribution in [0.3, 0.4) is 0 Å². The van der Waals surface area contributed by atoms with Gasteiger partial charge >= 0.3 is 0 Å². The largest absolute Gasteiger partial charge is 0.504 e. The van der Waals surface area contributed by atoms with Crippen LogP contribution < -0.4 is 10.5 Å². The molecule has 1 fully saturated rings. The van der Waals surface area contributed by atoms with Crippen LogP contribution in [0.25, 0.3) is 0 Å². The van der Waals surface area contributed by atoms with Crippen molar-refractivity contribution < 1.29 is 14.6 Å². The van der Waals surface area contributed by atoms with E-state index in [0.717, 1.165) is 6.42 Å². The molecule has 104 valence electrons. The summed E-state index contributed by atoms with van der Waals surface area (Å²) < 4.78 is 5.02. The van der Waals surface area contributed by atoms with E-state index in [0.29, 0.717) is 18.8 Å². The number of likely N-dealkylation sites (tertiary alicyclic amines) is 1. The highest BCUT2D eigenvalue weighted by Crippen LogP contribution is 2.31. The number of methoxy groups -OCH3 is 1. The highest BCUT2D eigenvalue weighted by atomic mass is 16.5. The normalized spacial score (nSPS) is 23.2. The number of phenols is 1. The van der Waals surface area contributed by atoms with E-state index in [1.807, 2.05) is 6.92 Å². The molecular weight excluding hydrogens is 244 g/mol. The lowest BCUT2D eigenvalue weighted by Crippen LogP contribution is -2.48. The van der Waals surface area contributed by atoms with Gasteiger partial charge in [-0.1, -0.05) is 13.0 Å². The molecule has 0 saturated carbocycles. The van der Waals surface area contributed by atoms with Crippen molar-refractivity contribution in [1.82, 2.24) is 4.90 Å². The zero-order chi connectivity index (χ0) is 14.0. The van der Waals surface area contributed by atoms with Gasteiger partial charge in [-0.3, -0.25) is 4.79 Å². The number of amides is 1. The number of carbonyl (C=O) groups is 1. The van der Waals surface area contributed by atoms with Crippen molar-refractivity contribution in [3.63, 3.8) is 0 Å². The molecule has 0 radical (unpaired) electrons. The van der Waals surface area contributed by atoms with Crippen molar-refractivity contribution in [1.29, 1.82) is 0 Å². The molecule has 0 aromatic heterocycles. The van der Waals surface area contributed by atoms with Gasteiger partial charge in [0.05, 0.1) is 12.7 Å². The van der Waals surface area contributed by atoms with Crippen LogP contribution in [0.5, 0.6) is 11.5 Å². The maximum absolute atomic E-state index is 12.4. The van der Waals surface area contributed by atoms with Crippen LogP contribution in [0, 0.1) is 5.92 Å². The fourth-order valence-corrected chi connectivity index (χ4v) is 2.38. The molecule has 2 unspecified atom stereocenters.